The van der Waals surface area contributed by atoms with Crippen LogP contribution in [0.5, 0.6) is 0 Å². The van der Waals surface area contributed by atoms with Gasteiger partial charge in [-0.15, -0.1) is 0 Å². The summed E-state index contributed by atoms with van der Waals surface area (Å²) in [5, 5.41) is 15.0. The van der Waals surface area contributed by atoms with E-state index in [0.717, 1.165) is 0 Å². The van der Waals surface area contributed by atoms with Crippen LogP contribution < -0.4 is 10.6 Å². The molecule has 1 rings (SSSR count). The monoisotopic (exact) mass is 202 g/mol. The van der Waals surface area contributed by atoms with Crippen molar-refractivity contribution in [3.05, 3.63) is 0 Å². The Morgan fingerprint density at radius 3 is 2.57 bits per heavy atom. The summed E-state index contributed by atoms with van der Waals surface area (Å²) in [6, 6.07) is -0.246. The number of ether oxygens (including phenoxy) is 1. The Morgan fingerprint density at radius 2 is 2.14 bits per heavy atom. The summed E-state index contributed by atoms with van der Waals surface area (Å²) in [6.07, 6.45) is -1.01. The van der Waals surface area contributed by atoms with Gasteiger partial charge < -0.3 is 20.5 Å². The third-order valence-corrected chi connectivity index (χ3v) is 1.88. The highest BCUT2D eigenvalue weighted by molar-refractivity contribution is 5.68. The predicted octanol–water partition coefficient (Wildman–Crippen LogP) is -0.156. The van der Waals surface area contributed by atoms with Crippen molar-refractivity contribution in [3.8, 4) is 0 Å². The molecule has 2 atom stereocenters. The van der Waals surface area contributed by atoms with Crippen molar-refractivity contribution in [3.63, 3.8) is 0 Å². The Bertz CT molecular complexity index is 213. The quantitative estimate of drug-likeness (QED) is 0.553. The Hall–Kier alpha value is -0.810. The van der Waals surface area contributed by atoms with Gasteiger partial charge in [-0.3, -0.25) is 0 Å². The van der Waals surface area contributed by atoms with Gasteiger partial charge in [0.05, 0.1) is 12.1 Å². The molecular formula is C9H18N2O3. The van der Waals surface area contributed by atoms with Gasteiger partial charge in [0.15, 0.2) is 0 Å². The van der Waals surface area contributed by atoms with E-state index >= 15 is 0 Å². The molecule has 0 aromatic carbocycles. The molecule has 1 amide bonds. The zero-order valence-corrected chi connectivity index (χ0v) is 8.83. The normalized spacial score (nSPS) is 27.4. The molecule has 1 heterocycles. The molecule has 5 nitrogen and oxygen atoms in total. The summed E-state index contributed by atoms with van der Waals surface area (Å²) >= 11 is 0. The van der Waals surface area contributed by atoms with Crippen LogP contribution in [0.3, 0.4) is 0 Å². The molecule has 0 aliphatic carbocycles. The lowest BCUT2D eigenvalue weighted by Gasteiger charge is -2.22. The minimum Gasteiger partial charge on any atom is -0.444 e. The van der Waals surface area contributed by atoms with Gasteiger partial charge >= 0.3 is 6.09 Å². The van der Waals surface area contributed by atoms with Crippen molar-refractivity contribution in [2.75, 3.05) is 13.1 Å². The fraction of sp³-hybridized carbons (Fsp3) is 0.889. The van der Waals surface area contributed by atoms with Gasteiger partial charge in [-0.1, -0.05) is 0 Å². The van der Waals surface area contributed by atoms with E-state index in [-0.39, 0.29) is 6.04 Å². The van der Waals surface area contributed by atoms with Crippen molar-refractivity contribution in [1.29, 1.82) is 0 Å². The van der Waals surface area contributed by atoms with Gasteiger partial charge in [-0.05, 0) is 20.8 Å². The average Bonchev–Trinajstić information content (AvgIpc) is 2.32. The van der Waals surface area contributed by atoms with Crippen LogP contribution in [0.1, 0.15) is 20.8 Å². The number of nitrogens with one attached hydrogen (secondary N) is 2. The second kappa shape index (κ2) is 4.14. The number of rotatable bonds is 1. The van der Waals surface area contributed by atoms with E-state index in [0.29, 0.717) is 13.1 Å². The van der Waals surface area contributed by atoms with E-state index in [1.165, 1.54) is 0 Å². The van der Waals surface area contributed by atoms with Gasteiger partial charge in [0.25, 0.3) is 0 Å². The predicted molar refractivity (Wildman–Crippen MR) is 52.0 cm³/mol. The zero-order chi connectivity index (χ0) is 10.8. The summed E-state index contributed by atoms with van der Waals surface area (Å²) in [5.41, 5.74) is -0.499. The number of carbonyl (C=O) groups excluding carboxylic acids is 1. The lowest BCUT2D eigenvalue weighted by Crippen LogP contribution is -2.45. The van der Waals surface area contributed by atoms with Crippen LogP contribution in [-0.4, -0.2) is 42.0 Å². The van der Waals surface area contributed by atoms with Crippen molar-refractivity contribution in [2.24, 2.45) is 0 Å². The lowest BCUT2D eigenvalue weighted by molar-refractivity contribution is 0.0461. The largest absolute Gasteiger partial charge is 0.444 e. The fourth-order valence-electron chi connectivity index (χ4n) is 1.27. The number of aliphatic hydroxyl groups is 1. The van der Waals surface area contributed by atoms with Crippen LogP contribution in [0.4, 0.5) is 4.79 Å². The molecule has 1 aliphatic rings. The van der Waals surface area contributed by atoms with Crippen LogP contribution in [0.15, 0.2) is 0 Å². The highest BCUT2D eigenvalue weighted by Crippen LogP contribution is 2.07. The van der Waals surface area contributed by atoms with Gasteiger partial charge in [0.2, 0.25) is 0 Å². The smallest absolute Gasteiger partial charge is 0.408 e. The van der Waals surface area contributed by atoms with Crippen molar-refractivity contribution < 1.29 is 14.6 Å². The van der Waals surface area contributed by atoms with Gasteiger partial charge in [0, 0.05) is 13.1 Å². The molecule has 0 radical (unpaired) electrons. The second-order valence-corrected chi connectivity index (χ2v) is 4.48. The molecule has 1 fully saturated rings. The van der Waals surface area contributed by atoms with E-state index in [9.17, 15) is 9.90 Å². The van der Waals surface area contributed by atoms with E-state index in [1.807, 2.05) is 0 Å². The van der Waals surface area contributed by atoms with Crippen LogP contribution in [0, 0.1) is 0 Å². The topological polar surface area (TPSA) is 70.6 Å². The van der Waals surface area contributed by atoms with Crippen LogP contribution in [0.25, 0.3) is 0 Å². The number of β-amino-alcohol motifs (C(OH)–C–C–N with tert-alkyl or cyclic N) is 1. The first-order valence-corrected chi connectivity index (χ1v) is 4.77. The van der Waals surface area contributed by atoms with Crippen molar-refractivity contribution in [2.45, 2.75) is 38.5 Å². The third kappa shape index (κ3) is 3.51. The highest BCUT2D eigenvalue weighted by atomic mass is 16.6. The number of aliphatic hydroxyl groups excluding tert-OH is 1. The van der Waals surface area contributed by atoms with E-state index in [4.69, 9.17) is 4.74 Å². The molecule has 2 unspecified atom stereocenters. The minimum atomic E-state index is -0.525. The van der Waals surface area contributed by atoms with E-state index in [2.05, 4.69) is 10.6 Å². The molecule has 0 spiro atoms. The lowest BCUT2D eigenvalue weighted by atomic mass is 10.2. The number of alkyl carbamates (subject to hydrolysis) is 1. The molecule has 5 heteroatoms. The van der Waals surface area contributed by atoms with Crippen molar-refractivity contribution in [1.82, 2.24) is 10.6 Å². The van der Waals surface area contributed by atoms with Crippen molar-refractivity contribution >= 4 is 6.09 Å². The molecular weight excluding hydrogens is 184 g/mol. The number of hydrogen-bond donors (Lipinski definition) is 3. The average molecular weight is 202 g/mol. The molecule has 0 bridgehead atoms. The third-order valence-electron chi connectivity index (χ3n) is 1.88. The maximum atomic E-state index is 11.3. The summed E-state index contributed by atoms with van der Waals surface area (Å²) in [6.45, 7) is 6.50. The van der Waals surface area contributed by atoms with E-state index in [1.54, 1.807) is 20.8 Å². The molecule has 0 aromatic heterocycles. The van der Waals surface area contributed by atoms with Gasteiger partial charge in [0.1, 0.15) is 5.60 Å². The molecule has 0 aromatic rings. The molecule has 1 aliphatic heterocycles. The first-order chi connectivity index (χ1) is 6.38. The molecule has 14 heavy (non-hydrogen) atoms. The van der Waals surface area contributed by atoms with Crippen LogP contribution in [-0.2, 0) is 4.74 Å². The first-order valence-electron chi connectivity index (χ1n) is 4.77. The molecule has 1 saturated heterocycles. The zero-order valence-electron chi connectivity index (χ0n) is 8.83. The molecule has 0 saturated carbocycles. The standard InChI is InChI=1S/C9H18N2O3/c1-9(2,3)14-8(13)11-6-4-10-5-7(6)12/h6-7,10,12H,4-5H2,1-3H3,(H,11,13). The van der Waals surface area contributed by atoms with Crippen LogP contribution >= 0.6 is 0 Å². The number of amides is 1. The molecule has 3 N–H and O–H groups in total. The van der Waals surface area contributed by atoms with E-state index < -0.39 is 17.8 Å². The summed E-state index contributed by atoms with van der Waals surface area (Å²) in [7, 11) is 0. The SMILES string of the molecule is CC(C)(C)OC(=O)NC1CNCC1O. The second-order valence-electron chi connectivity index (χ2n) is 4.48. The van der Waals surface area contributed by atoms with Gasteiger partial charge in [-0.2, -0.15) is 0 Å². The Labute approximate surface area is 83.8 Å². The Kier molecular flexibility index (Phi) is 3.34. The number of carbonyl (C=O) groups is 1. The van der Waals surface area contributed by atoms with Crippen LogP contribution in [0.2, 0.25) is 0 Å². The summed E-state index contributed by atoms with van der Waals surface area (Å²) in [4.78, 5) is 11.3. The highest BCUT2D eigenvalue weighted by Gasteiger charge is 2.28. The fourth-order valence-corrected chi connectivity index (χ4v) is 1.27. The Balaban J connectivity index is 2.33. The molecule has 82 valence electrons. The van der Waals surface area contributed by atoms with Gasteiger partial charge in [-0.25, -0.2) is 4.79 Å². The minimum absolute atomic E-state index is 0.246. The first kappa shape index (κ1) is 11.3. The number of hydrogen-bond acceptors (Lipinski definition) is 4. The maximum absolute atomic E-state index is 11.3. The summed E-state index contributed by atoms with van der Waals surface area (Å²) in [5.74, 6) is 0. The maximum Gasteiger partial charge on any atom is 0.408 e. The Morgan fingerprint density at radius 1 is 1.50 bits per heavy atom. The summed E-state index contributed by atoms with van der Waals surface area (Å²) < 4.78 is 5.06.